The summed E-state index contributed by atoms with van der Waals surface area (Å²) in [6.07, 6.45) is 2.57. The molecule has 0 unspecified atom stereocenters. The van der Waals surface area contributed by atoms with Crippen LogP contribution in [0.5, 0.6) is 0 Å². The molecule has 4 aromatic rings. The maximum absolute atomic E-state index is 12.7. The third kappa shape index (κ3) is 3.79. The van der Waals surface area contributed by atoms with Crippen LogP contribution in [0.25, 0.3) is 27.3 Å². The van der Waals surface area contributed by atoms with Gasteiger partial charge < -0.3 is 4.90 Å². The van der Waals surface area contributed by atoms with E-state index < -0.39 is 0 Å². The minimum Gasteiger partial charge on any atom is -0.338 e. The topological polar surface area (TPSA) is 63.4 Å². The number of amides is 1. The van der Waals surface area contributed by atoms with Crippen LogP contribution in [0.1, 0.15) is 45.6 Å². The van der Waals surface area contributed by atoms with Crippen LogP contribution in [0.2, 0.25) is 0 Å². The number of rotatable bonds is 7. The van der Waals surface area contributed by atoms with Crippen molar-refractivity contribution in [2.24, 2.45) is 5.92 Å². The van der Waals surface area contributed by atoms with Gasteiger partial charge in [0.25, 0.3) is 0 Å². The van der Waals surface area contributed by atoms with Gasteiger partial charge in [0, 0.05) is 30.3 Å². The summed E-state index contributed by atoms with van der Waals surface area (Å²) in [7, 11) is 0. The minimum absolute atomic E-state index is 0.228. The van der Waals surface area contributed by atoms with Crippen molar-refractivity contribution in [3.8, 4) is 0 Å². The lowest BCUT2D eigenvalue weighted by Gasteiger charge is -2.25. The van der Waals surface area contributed by atoms with Gasteiger partial charge in [-0.25, -0.2) is 0 Å². The van der Waals surface area contributed by atoms with Crippen LogP contribution in [-0.4, -0.2) is 37.4 Å². The molecule has 0 aliphatic carbocycles. The molecule has 0 radical (unpaired) electrons. The fraction of sp³-hybridized carbons (Fsp3) is 0.391. The summed E-state index contributed by atoms with van der Waals surface area (Å²) in [6, 6.07) is 14.5. The first-order valence-electron chi connectivity index (χ1n) is 10.4. The van der Waals surface area contributed by atoms with Gasteiger partial charge in [-0.1, -0.05) is 63.6 Å². The van der Waals surface area contributed by atoms with Crippen molar-refractivity contribution in [2.45, 2.75) is 46.6 Å². The van der Waals surface area contributed by atoms with E-state index in [1.54, 1.807) is 4.52 Å². The first kappa shape index (κ1) is 19.3. The van der Waals surface area contributed by atoms with Crippen LogP contribution in [0, 0.1) is 5.92 Å². The first-order chi connectivity index (χ1) is 14.1. The Morgan fingerprint density at radius 3 is 2.66 bits per heavy atom. The van der Waals surface area contributed by atoms with Gasteiger partial charge in [-0.15, -0.1) is 5.10 Å². The highest BCUT2D eigenvalue weighted by Gasteiger charge is 2.17. The predicted molar refractivity (Wildman–Crippen MR) is 116 cm³/mol. The van der Waals surface area contributed by atoms with E-state index in [2.05, 4.69) is 60.6 Å². The van der Waals surface area contributed by atoms with Gasteiger partial charge in [0.1, 0.15) is 0 Å². The Morgan fingerprint density at radius 1 is 1.10 bits per heavy atom. The van der Waals surface area contributed by atoms with Crippen molar-refractivity contribution in [2.75, 3.05) is 6.54 Å². The second-order valence-corrected chi connectivity index (χ2v) is 8.08. The van der Waals surface area contributed by atoms with Crippen molar-refractivity contribution in [3.05, 3.63) is 48.0 Å². The smallest absolute Gasteiger partial charge is 0.222 e. The third-order valence-corrected chi connectivity index (χ3v) is 5.27. The Morgan fingerprint density at radius 2 is 1.90 bits per heavy atom. The Labute approximate surface area is 170 Å². The summed E-state index contributed by atoms with van der Waals surface area (Å²) in [5.74, 6) is 0.655. The largest absolute Gasteiger partial charge is 0.338 e. The van der Waals surface area contributed by atoms with E-state index in [-0.39, 0.29) is 5.91 Å². The summed E-state index contributed by atoms with van der Waals surface area (Å²) in [4.78, 5) is 14.7. The Hall–Kier alpha value is -3.02. The molecule has 6 heteroatoms. The number of nitrogens with zero attached hydrogens (tertiary/aromatic N) is 5. The van der Waals surface area contributed by atoms with E-state index in [0.717, 1.165) is 52.3 Å². The number of unbranched alkanes of at least 4 members (excludes halogenated alkanes) is 1. The molecule has 0 fully saturated rings. The van der Waals surface area contributed by atoms with Crippen molar-refractivity contribution >= 4 is 33.2 Å². The zero-order chi connectivity index (χ0) is 20.4. The average Bonchev–Trinajstić information content (AvgIpc) is 3.22. The van der Waals surface area contributed by atoms with Gasteiger partial charge in [0.15, 0.2) is 5.65 Å². The molecule has 0 aliphatic rings. The molecule has 150 valence electrons. The van der Waals surface area contributed by atoms with E-state index in [4.69, 9.17) is 0 Å². The summed E-state index contributed by atoms with van der Waals surface area (Å²) in [5.41, 5.74) is 2.81. The fourth-order valence-electron chi connectivity index (χ4n) is 3.91. The minimum atomic E-state index is 0.228. The Kier molecular flexibility index (Phi) is 5.43. The van der Waals surface area contributed by atoms with Crippen LogP contribution in [0.3, 0.4) is 0 Å². The molecular formula is C23H27N5O. The van der Waals surface area contributed by atoms with Crippen LogP contribution in [0.15, 0.2) is 42.5 Å². The number of pyridine rings is 1. The zero-order valence-electron chi connectivity index (χ0n) is 17.3. The van der Waals surface area contributed by atoms with E-state index in [9.17, 15) is 4.79 Å². The lowest BCUT2D eigenvalue weighted by atomic mass is 10.0. The lowest BCUT2D eigenvalue weighted by Crippen LogP contribution is -2.33. The van der Waals surface area contributed by atoms with Crippen molar-refractivity contribution < 1.29 is 4.79 Å². The summed E-state index contributed by atoms with van der Waals surface area (Å²) < 4.78 is 1.80. The van der Waals surface area contributed by atoms with Crippen LogP contribution < -0.4 is 0 Å². The molecule has 0 aliphatic heterocycles. The number of hydrogen-bond donors (Lipinski definition) is 0. The average molecular weight is 390 g/mol. The van der Waals surface area contributed by atoms with Crippen molar-refractivity contribution in [3.63, 3.8) is 0 Å². The fourth-order valence-corrected chi connectivity index (χ4v) is 3.91. The molecule has 2 heterocycles. The SMILES string of the molecule is CCCCC(=O)N(Cc1ccc2c3ccccc3c3nnnn3c2c1)CC(C)C. The van der Waals surface area contributed by atoms with Gasteiger partial charge >= 0.3 is 0 Å². The normalized spacial score (nSPS) is 11.7. The van der Waals surface area contributed by atoms with Crippen LogP contribution >= 0.6 is 0 Å². The number of carbonyl (C=O) groups excluding carboxylic acids is 1. The molecule has 0 bridgehead atoms. The van der Waals surface area contributed by atoms with Gasteiger partial charge in [-0.3, -0.25) is 4.79 Å². The van der Waals surface area contributed by atoms with E-state index >= 15 is 0 Å². The highest BCUT2D eigenvalue weighted by atomic mass is 16.2. The predicted octanol–water partition coefficient (Wildman–Crippen LogP) is 4.61. The number of fused-ring (bicyclic) bond motifs is 6. The maximum Gasteiger partial charge on any atom is 0.222 e. The molecule has 29 heavy (non-hydrogen) atoms. The van der Waals surface area contributed by atoms with Gasteiger partial charge in [-0.2, -0.15) is 4.52 Å². The van der Waals surface area contributed by atoms with Gasteiger partial charge in [0.05, 0.1) is 5.52 Å². The molecule has 2 aromatic heterocycles. The van der Waals surface area contributed by atoms with E-state index in [0.29, 0.717) is 18.9 Å². The summed E-state index contributed by atoms with van der Waals surface area (Å²) >= 11 is 0. The molecule has 0 spiro atoms. The molecule has 0 saturated heterocycles. The Bertz CT molecular complexity index is 1160. The van der Waals surface area contributed by atoms with Gasteiger partial charge in [0.2, 0.25) is 5.91 Å². The summed E-state index contributed by atoms with van der Waals surface area (Å²) in [6.45, 7) is 7.78. The molecule has 6 nitrogen and oxygen atoms in total. The van der Waals surface area contributed by atoms with Crippen molar-refractivity contribution in [1.82, 2.24) is 24.9 Å². The lowest BCUT2D eigenvalue weighted by molar-refractivity contribution is -0.132. The number of hydrogen-bond acceptors (Lipinski definition) is 4. The molecule has 4 rings (SSSR count). The zero-order valence-corrected chi connectivity index (χ0v) is 17.3. The molecule has 2 aromatic carbocycles. The molecule has 1 amide bonds. The number of carbonyl (C=O) groups is 1. The summed E-state index contributed by atoms with van der Waals surface area (Å²) in [5, 5.41) is 15.6. The molecule has 0 saturated carbocycles. The molecular weight excluding hydrogens is 362 g/mol. The standard InChI is InChI=1S/C23H27N5O/c1-4-5-10-22(29)27(14-16(2)3)15-17-11-12-19-18-8-6-7-9-20(18)23-24-25-26-28(23)21(19)13-17/h6-9,11-13,16H,4-5,10,14-15H2,1-3H3. The number of aromatic nitrogens is 4. The Balaban J connectivity index is 1.76. The molecule has 0 atom stereocenters. The maximum atomic E-state index is 12.7. The molecule has 0 N–H and O–H groups in total. The highest BCUT2D eigenvalue weighted by Crippen LogP contribution is 2.28. The first-order valence-corrected chi connectivity index (χ1v) is 10.4. The van der Waals surface area contributed by atoms with Gasteiger partial charge in [-0.05, 0) is 39.8 Å². The van der Waals surface area contributed by atoms with Crippen LogP contribution in [-0.2, 0) is 11.3 Å². The quantitative estimate of drug-likeness (QED) is 0.433. The van der Waals surface area contributed by atoms with E-state index in [1.807, 2.05) is 23.1 Å². The van der Waals surface area contributed by atoms with Crippen LogP contribution in [0.4, 0.5) is 0 Å². The monoisotopic (exact) mass is 389 g/mol. The number of benzene rings is 2. The van der Waals surface area contributed by atoms with E-state index in [1.165, 1.54) is 0 Å². The second kappa shape index (κ2) is 8.15. The second-order valence-electron chi connectivity index (χ2n) is 8.08. The van der Waals surface area contributed by atoms with Crippen molar-refractivity contribution in [1.29, 1.82) is 0 Å². The highest BCUT2D eigenvalue weighted by molar-refractivity contribution is 6.11. The number of tetrazole rings is 1. The third-order valence-electron chi connectivity index (χ3n) is 5.27.